The summed E-state index contributed by atoms with van der Waals surface area (Å²) in [5.41, 5.74) is 1.84. The molecule has 0 spiro atoms. The van der Waals surface area contributed by atoms with Crippen molar-refractivity contribution in [2.75, 3.05) is 42.9 Å². The van der Waals surface area contributed by atoms with Gasteiger partial charge in [0.25, 0.3) is 11.8 Å². The Morgan fingerprint density at radius 3 is 2.90 bits per heavy atom. The molecular weight excluding hydrogens is 501 g/mol. The molecule has 10 nitrogen and oxygen atoms in total. The van der Waals surface area contributed by atoms with Crippen LogP contribution in [0.25, 0.3) is 5.65 Å². The maximum Gasteiger partial charge on any atom is 0.261 e. The van der Waals surface area contributed by atoms with Crippen LogP contribution in [0.5, 0.6) is 0 Å². The minimum atomic E-state index is -1.59. The number of anilines is 2. The predicted molar refractivity (Wildman–Crippen MR) is 145 cm³/mol. The van der Waals surface area contributed by atoms with Crippen LogP contribution in [0.15, 0.2) is 36.8 Å². The summed E-state index contributed by atoms with van der Waals surface area (Å²) >= 11 is 0. The van der Waals surface area contributed by atoms with Crippen molar-refractivity contribution >= 4 is 28.8 Å². The van der Waals surface area contributed by atoms with Gasteiger partial charge in [0.2, 0.25) is 0 Å². The number of aliphatic hydroxyl groups is 1. The van der Waals surface area contributed by atoms with E-state index in [0.29, 0.717) is 40.0 Å². The van der Waals surface area contributed by atoms with E-state index in [9.17, 15) is 19.1 Å². The highest BCUT2D eigenvalue weighted by Crippen LogP contribution is 2.37. The third-order valence-corrected chi connectivity index (χ3v) is 8.19. The molecule has 0 radical (unpaired) electrons. The summed E-state index contributed by atoms with van der Waals surface area (Å²) in [4.78, 5) is 37.3. The van der Waals surface area contributed by atoms with E-state index in [1.54, 1.807) is 23.0 Å². The van der Waals surface area contributed by atoms with Gasteiger partial charge in [0.1, 0.15) is 11.7 Å². The summed E-state index contributed by atoms with van der Waals surface area (Å²) in [5.74, 6) is 0.0258. The van der Waals surface area contributed by atoms with Crippen LogP contribution in [0.2, 0.25) is 0 Å². The van der Waals surface area contributed by atoms with E-state index in [0.717, 1.165) is 38.3 Å². The number of alkyl halides is 1. The fraction of sp³-hybridized carbons (Fsp3) is 0.500. The molecule has 2 saturated heterocycles. The zero-order chi connectivity index (χ0) is 27.5. The van der Waals surface area contributed by atoms with E-state index in [1.165, 1.54) is 24.9 Å². The van der Waals surface area contributed by atoms with Gasteiger partial charge in [-0.15, -0.1) is 0 Å². The van der Waals surface area contributed by atoms with Crippen molar-refractivity contribution in [1.82, 2.24) is 24.4 Å². The van der Waals surface area contributed by atoms with Gasteiger partial charge in [0, 0.05) is 56.7 Å². The topological polar surface area (TPSA) is 106 Å². The average molecular weight is 536 g/mol. The maximum absolute atomic E-state index is 14.7. The van der Waals surface area contributed by atoms with Gasteiger partial charge >= 0.3 is 0 Å². The van der Waals surface area contributed by atoms with Gasteiger partial charge in [-0.05, 0) is 49.9 Å². The molecule has 1 aromatic carbocycles. The van der Waals surface area contributed by atoms with Crippen molar-refractivity contribution < 1.29 is 19.1 Å². The van der Waals surface area contributed by atoms with E-state index < -0.39 is 11.8 Å². The first kappa shape index (κ1) is 25.7. The van der Waals surface area contributed by atoms with Gasteiger partial charge in [0.05, 0.1) is 29.7 Å². The quantitative estimate of drug-likeness (QED) is 0.500. The van der Waals surface area contributed by atoms with Gasteiger partial charge in [-0.1, -0.05) is 6.92 Å². The highest BCUT2D eigenvalue weighted by molar-refractivity contribution is 6.10. The van der Waals surface area contributed by atoms with Crippen LogP contribution in [-0.4, -0.2) is 91.9 Å². The number of aromatic nitrogens is 3. The SMILES string of the molecule is C[C@H]1C[C@@H]2CN(c3cc4c(cc3NC(=O)c3cnn5cccnc35)CN(CC(F)C(C)(C)O)C4=O)CCN2C1. The molecule has 6 rings (SSSR count). The second-order valence-electron chi connectivity index (χ2n) is 11.7. The van der Waals surface area contributed by atoms with Crippen molar-refractivity contribution in [3.63, 3.8) is 0 Å². The molecule has 5 heterocycles. The summed E-state index contributed by atoms with van der Waals surface area (Å²) in [6.45, 7) is 8.64. The molecule has 39 heavy (non-hydrogen) atoms. The first-order chi connectivity index (χ1) is 18.6. The summed E-state index contributed by atoms with van der Waals surface area (Å²) in [5, 5.41) is 17.4. The minimum absolute atomic E-state index is 0.208. The molecule has 3 atom stereocenters. The molecule has 3 aliphatic rings. The van der Waals surface area contributed by atoms with Crippen LogP contribution in [0, 0.1) is 5.92 Å². The lowest BCUT2D eigenvalue weighted by Crippen LogP contribution is -2.50. The van der Waals surface area contributed by atoms with Crippen LogP contribution in [0.3, 0.4) is 0 Å². The number of halogens is 1. The van der Waals surface area contributed by atoms with E-state index in [-0.39, 0.29) is 24.9 Å². The Kier molecular flexibility index (Phi) is 6.30. The number of benzene rings is 1. The van der Waals surface area contributed by atoms with Crippen LogP contribution in [-0.2, 0) is 6.54 Å². The monoisotopic (exact) mass is 535 g/mol. The number of carbonyl (C=O) groups excluding carboxylic acids is 2. The zero-order valence-corrected chi connectivity index (χ0v) is 22.5. The number of carbonyl (C=O) groups is 2. The largest absolute Gasteiger partial charge is 0.387 e. The third-order valence-electron chi connectivity index (χ3n) is 8.19. The second-order valence-corrected chi connectivity index (χ2v) is 11.7. The Morgan fingerprint density at radius 1 is 1.28 bits per heavy atom. The van der Waals surface area contributed by atoms with Crippen LogP contribution < -0.4 is 10.2 Å². The Hall–Kier alpha value is -3.57. The van der Waals surface area contributed by atoms with Gasteiger partial charge in [-0.2, -0.15) is 5.10 Å². The standard InChI is InChI=1S/C28H34FN7O3/c1-17-9-19-15-34(8-7-33(19)13-17)23-11-20-18(14-35(27(20)38)16-24(29)28(2,3)39)10-22(23)32-26(37)21-12-31-36-6-4-5-30-25(21)36/h4-6,10-12,17,19,24,39H,7-9,13-16H2,1-3H3,(H,32,37)/t17-,19+,24?/m0/s1. The molecule has 0 aliphatic carbocycles. The zero-order valence-electron chi connectivity index (χ0n) is 22.5. The van der Waals surface area contributed by atoms with Gasteiger partial charge in [0.15, 0.2) is 5.65 Å². The lowest BCUT2D eigenvalue weighted by Gasteiger charge is -2.39. The Morgan fingerprint density at radius 2 is 2.10 bits per heavy atom. The minimum Gasteiger partial charge on any atom is -0.387 e. The Balaban J connectivity index is 1.33. The number of nitrogens with one attached hydrogen (secondary N) is 1. The first-order valence-corrected chi connectivity index (χ1v) is 13.5. The average Bonchev–Trinajstić information content (AvgIpc) is 3.57. The summed E-state index contributed by atoms with van der Waals surface area (Å²) in [6, 6.07) is 5.83. The maximum atomic E-state index is 14.7. The van der Waals surface area contributed by atoms with Crippen molar-refractivity contribution in [3.8, 4) is 0 Å². The fourth-order valence-corrected chi connectivity index (χ4v) is 6.03. The van der Waals surface area contributed by atoms with Crippen molar-refractivity contribution in [3.05, 3.63) is 53.5 Å². The van der Waals surface area contributed by atoms with Crippen LogP contribution in [0.1, 0.15) is 53.5 Å². The lowest BCUT2D eigenvalue weighted by atomic mass is 10.0. The van der Waals surface area contributed by atoms with Crippen molar-refractivity contribution in [2.45, 2.75) is 51.6 Å². The summed E-state index contributed by atoms with van der Waals surface area (Å²) in [7, 11) is 0. The van der Waals surface area contributed by atoms with Crippen molar-refractivity contribution in [1.29, 1.82) is 0 Å². The molecule has 1 unspecified atom stereocenters. The fourth-order valence-electron chi connectivity index (χ4n) is 6.03. The molecule has 0 saturated carbocycles. The van der Waals surface area contributed by atoms with E-state index >= 15 is 0 Å². The Bertz CT molecular complexity index is 1430. The number of amides is 2. The van der Waals surface area contributed by atoms with Gasteiger partial charge < -0.3 is 20.2 Å². The molecule has 3 aliphatic heterocycles. The number of piperazine rings is 1. The number of hydrogen-bond donors (Lipinski definition) is 2. The van der Waals surface area contributed by atoms with E-state index in [4.69, 9.17) is 0 Å². The molecule has 11 heteroatoms. The van der Waals surface area contributed by atoms with Crippen LogP contribution in [0.4, 0.5) is 15.8 Å². The normalized spacial score (nSPS) is 22.3. The molecular formula is C28H34FN7O3. The molecule has 206 valence electrons. The van der Waals surface area contributed by atoms with E-state index in [2.05, 4.69) is 32.1 Å². The number of fused-ring (bicyclic) bond motifs is 3. The second kappa shape index (κ2) is 9.56. The molecule has 0 bridgehead atoms. The number of hydrogen-bond acceptors (Lipinski definition) is 7. The van der Waals surface area contributed by atoms with Crippen molar-refractivity contribution in [2.24, 2.45) is 5.92 Å². The molecule has 3 aromatic rings. The first-order valence-electron chi connectivity index (χ1n) is 13.5. The molecule has 2 amide bonds. The van der Waals surface area contributed by atoms with Gasteiger partial charge in [-0.25, -0.2) is 13.9 Å². The summed E-state index contributed by atoms with van der Waals surface area (Å²) < 4.78 is 16.2. The van der Waals surface area contributed by atoms with Crippen LogP contribution >= 0.6 is 0 Å². The smallest absolute Gasteiger partial charge is 0.261 e. The van der Waals surface area contributed by atoms with Gasteiger partial charge in [-0.3, -0.25) is 14.5 Å². The number of nitrogens with zero attached hydrogens (tertiary/aromatic N) is 6. The molecule has 2 fully saturated rings. The lowest BCUT2D eigenvalue weighted by molar-refractivity contribution is -0.0159. The highest BCUT2D eigenvalue weighted by atomic mass is 19.1. The molecule has 2 N–H and O–H groups in total. The predicted octanol–water partition coefficient (Wildman–Crippen LogP) is 2.58. The molecule has 2 aromatic heterocycles. The summed E-state index contributed by atoms with van der Waals surface area (Å²) in [6.07, 6.45) is 4.36. The number of rotatable bonds is 6. The third kappa shape index (κ3) is 4.74. The van der Waals surface area contributed by atoms with E-state index in [1.807, 2.05) is 12.1 Å². The Labute approximate surface area is 226 Å². The highest BCUT2D eigenvalue weighted by Gasteiger charge is 2.38.